The highest BCUT2D eigenvalue weighted by molar-refractivity contribution is 9.09. The van der Waals surface area contributed by atoms with Gasteiger partial charge in [-0.1, -0.05) is 15.9 Å². The van der Waals surface area contributed by atoms with Gasteiger partial charge in [-0.3, -0.25) is 4.79 Å². The van der Waals surface area contributed by atoms with E-state index in [0.29, 0.717) is 0 Å². The Kier molecular flexibility index (Phi) is 4.82. The Bertz CT molecular complexity index is 147. The Balaban J connectivity index is 3.67. The van der Waals surface area contributed by atoms with Crippen molar-refractivity contribution in [2.45, 2.75) is 0 Å². The Morgan fingerprint density at radius 2 is 2.50 bits per heavy atom. The largest absolute Gasteiger partial charge is 0.597 e. The number of rotatable bonds is 4. The van der Waals surface area contributed by atoms with Gasteiger partial charge in [0.15, 0.2) is 5.28 Å². The molecule has 0 aliphatic heterocycles. The number of hydrogen-bond acceptors (Lipinski definition) is 4. The van der Waals surface area contributed by atoms with Crippen LogP contribution < -0.4 is 0 Å². The Labute approximate surface area is 66.3 Å². The fraction of sp³-hybridized carbons (Fsp3) is 0.750. The van der Waals surface area contributed by atoms with Crippen LogP contribution in [0.5, 0.6) is 0 Å². The molecule has 0 aromatic carbocycles. The van der Waals surface area contributed by atoms with Crippen molar-refractivity contribution in [3.63, 3.8) is 0 Å². The predicted octanol–water partition coefficient (Wildman–Crippen LogP) is 0.474. The molecule has 0 aliphatic carbocycles. The Hall–Kier alpha value is -0.650. The zero-order chi connectivity index (χ0) is 7.98. The zero-order valence-electron chi connectivity index (χ0n) is 5.41. The third-order valence-electron chi connectivity index (χ3n) is 0.633. The molecule has 0 heterocycles. The molecular formula is C4H7BrN2O3. The van der Waals surface area contributed by atoms with Crippen LogP contribution in [0.1, 0.15) is 0 Å². The van der Waals surface area contributed by atoms with Gasteiger partial charge in [0.2, 0.25) is 12.3 Å². The van der Waals surface area contributed by atoms with Gasteiger partial charge in [-0.05, 0) is 4.86 Å². The van der Waals surface area contributed by atoms with Gasteiger partial charge in [-0.15, -0.1) is 0 Å². The van der Waals surface area contributed by atoms with Gasteiger partial charge >= 0.3 is 0 Å². The number of hydroxylamine groups is 1. The molecule has 0 atom stereocenters. The van der Waals surface area contributed by atoms with Crippen molar-refractivity contribution in [2.24, 2.45) is 5.28 Å². The maximum Gasteiger partial charge on any atom is 0.242 e. The fourth-order valence-corrected chi connectivity index (χ4v) is 0.490. The lowest BCUT2D eigenvalue weighted by atomic mass is 10.5. The number of carbonyl (C=O) groups is 1. The van der Waals surface area contributed by atoms with E-state index >= 15 is 0 Å². The minimum Gasteiger partial charge on any atom is -0.597 e. The predicted molar refractivity (Wildman–Crippen MR) is 36.7 cm³/mol. The first-order chi connectivity index (χ1) is 4.70. The highest BCUT2D eigenvalue weighted by atomic mass is 79.9. The van der Waals surface area contributed by atoms with Crippen LogP contribution in [0.3, 0.4) is 0 Å². The normalized spacial score (nSPS) is 11.2. The van der Waals surface area contributed by atoms with Crippen molar-refractivity contribution in [2.75, 3.05) is 19.0 Å². The summed E-state index contributed by atoms with van der Waals surface area (Å²) in [5.74, 6) is -0.240. The molecule has 5 nitrogen and oxygen atoms in total. The molecule has 0 saturated carbocycles. The van der Waals surface area contributed by atoms with Crippen molar-refractivity contribution >= 4 is 21.7 Å². The van der Waals surface area contributed by atoms with E-state index in [4.69, 9.17) is 0 Å². The van der Waals surface area contributed by atoms with E-state index in [1.54, 1.807) is 0 Å². The second kappa shape index (κ2) is 5.16. The van der Waals surface area contributed by atoms with E-state index in [1.165, 1.54) is 7.11 Å². The van der Waals surface area contributed by atoms with Crippen LogP contribution in [-0.2, 0) is 9.63 Å². The van der Waals surface area contributed by atoms with Crippen LogP contribution in [-0.4, -0.2) is 29.6 Å². The number of carbonyl (C=O) groups excluding carboxylic acids is 1. The second-order valence-corrected chi connectivity index (χ2v) is 2.01. The average Bonchev–Trinajstić information content (AvgIpc) is 1.88. The van der Waals surface area contributed by atoms with Crippen LogP contribution in [0.25, 0.3) is 0 Å². The molecule has 0 bridgehead atoms. The van der Waals surface area contributed by atoms with E-state index in [2.05, 4.69) is 26.0 Å². The Morgan fingerprint density at radius 1 is 1.90 bits per heavy atom. The van der Waals surface area contributed by atoms with E-state index in [1.807, 2.05) is 0 Å². The summed E-state index contributed by atoms with van der Waals surface area (Å²) in [6.07, 6.45) is 0. The number of alkyl halides is 1. The number of halogens is 1. The first-order valence-corrected chi connectivity index (χ1v) is 3.59. The number of nitrogens with zero attached hydrogens (tertiary/aromatic N) is 2. The van der Waals surface area contributed by atoms with Gasteiger partial charge < -0.3 is 10.0 Å². The summed E-state index contributed by atoms with van der Waals surface area (Å²) in [6.45, 7) is -0.279. The molecule has 58 valence electrons. The van der Waals surface area contributed by atoms with Gasteiger partial charge in [0.1, 0.15) is 7.11 Å². The highest BCUT2D eigenvalue weighted by Gasteiger charge is 2.05. The zero-order valence-corrected chi connectivity index (χ0v) is 7.00. The number of Topliss-reactive ketones (excluding diaryl/α,β-unsaturated/α-hetero) is 1. The molecule has 0 N–H and O–H groups in total. The average molecular weight is 211 g/mol. The lowest BCUT2D eigenvalue weighted by molar-refractivity contribution is -0.546. The molecule has 6 heteroatoms. The summed E-state index contributed by atoms with van der Waals surface area (Å²) in [6, 6.07) is 0. The van der Waals surface area contributed by atoms with Gasteiger partial charge in [0, 0.05) is 0 Å². The molecule has 0 aliphatic rings. The van der Waals surface area contributed by atoms with Crippen LogP contribution in [0.2, 0.25) is 0 Å². The molecule has 0 saturated heterocycles. The molecular weight excluding hydrogens is 204 g/mol. The SMILES string of the molecule is CO/N=[N+](\[O-])CC(=O)CBr. The van der Waals surface area contributed by atoms with Crippen molar-refractivity contribution in [1.82, 2.24) is 0 Å². The van der Waals surface area contributed by atoms with Gasteiger partial charge in [0.05, 0.1) is 5.33 Å². The van der Waals surface area contributed by atoms with Crippen molar-refractivity contribution in [1.29, 1.82) is 0 Å². The minimum absolute atomic E-state index is 0.158. The van der Waals surface area contributed by atoms with E-state index < -0.39 is 0 Å². The molecule has 10 heavy (non-hydrogen) atoms. The molecule has 0 aromatic rings. The molecule has 0 unspecified atom stereocenters. The second-order valence-electron chi connectivity index (χ2n) is 1.45. The summed E-state index contributed by atoms with van der Waals surface area (Å²) in [4.78, 5) is 14.8. The lowest BCUT2D eigenvalue weighted by Gasteiger charge is -1.94. The summed E-state index contributed by atoms with van der Waals surface area (Å²) in [7, 11) is 1.24. The molecule has 0 fully saturated rings. The third-order valence-corrected chi connectivity index (χ3v) is 1.26. The molecule has 0 aromatic heterocycles. The van der Waals surface area contributed by atoms with E-state index in [9.17, 15) is 10.0 Å². The molecule has 0 rings (SSSR count). The van der Waals surface area contributed by atoms with E-state index in [-0.39, 0.29) is 22.5 Å². The standard InChI is InChI=1S/C4H7BrN2O3/c1-10-6-7(9)3-4(8)2-5/h2-3H2,1H3/b7-6-. The molecule has 0 amide bonds. The van der Waals surface area contributed by atoms with Crippen LogP contribution in [0.15, 0.2) is 5.28 Å². The summed E-state index contributed by atoms with van der Waals surface area (Å²) in [5.41, 5.74) is 0. The van der Waals surface area contributed by atoms with Crippen LogP contribution >= 0.6 is 15.9 Å². The van der Waals surface area contributed by atoms with Gasteiger partial charge in [-0.2, -0.15) is 0 Å². The van der Waals surface area contributed by atoms with Crippen LogP contribution in [0.4, 0.5) is 0 Å². The van der Waals surface area contributed by atoms with Gasteiger partial charge in [0.25, 0.3) is 0 Å². The smallest absolute Gasteiger partial charge is 0.242 e. The third kappa shape index (κ3) is 4.25. The number of ketones is 1. The quantitative estimate of drug-likeness (QED) is 0.294. The highest BCUT2D eigenvalue weighted by Crippen LogP contribution is 1.84. The van der Waals surface area contributed by atoms with Crippen molar-refractivity contribution < 1.29 is 14.5 Å². The summed E-state index contributed by atoms with van der Waals surface area (Å²) >= 11 is 2.90. The van der Waals surface area contributed by atoms with E-state index in [0.717, 1.165) is 0 Å². The summed E-state index contributed by atoms with van der Waals surface area (Å²) < 4.78 is 0. The van der Waals surface area contributed by atoms with Gasteiger partial charge in [-0.25, -0.2) is 0 Å². The monoisotopic (exact) mass is 210 g/mol. The fourth-order valence-electron chi connectivity index (χ4n) is 0.313. The summed E-state index contributed by atoms with van der Waals surface area (Å²) in [5, 5.41) is 13.5. The molecule has 0 radical (unpaired) electrons. The van der Waals surface area contributed by atoms with Crippen molar-refractivity contribution in [3.8, 4) is 0 Å². The minimum atomic E-state index is -0.279. The maximum atomic E-state index is 10.5. The lowest BCUT2D eigenvalue weighted by Crippen LogP contribution is -2.15. The van der Waals surface area contributed by atoms with Crippen molar-refractivity contribution in [3.05, 3.63) is 5.21 Å². The maximum absolute atomic E-state index is 10.5. The first kappa shape index (κ1) is 9.35. The topological polar surface area (TPSA) is 64.7 Å². The molecule has 0 spiro atoms. The first-order valence-electron chi connectivity index (χ1n) is 2.47. The van der Waals surface area contributed by atoms with Crippen LogP contribution in [0, 0.1) is 5.21 Å². The Morgan fingerprint density at radius 3 is 2.90 bits per heavy atom. The number of hydrogen-bond donors (Lipinski definition) is 0.